The highest BCUT2D eigenvalue weighted by Gasteiger charge is 2.16. The maximum absolute atomic E-state index is 13.2. The minimum absolute atomic E-state index is 0.0351. The third-order valence-electron chi connectivity index (χ3n) is 4.58. The first-order valence-electron chi connectivity index (χ1n) is 9.66. The molecule has 0 unspecified atom stereocenters. The van der Waals surface area contributed by atoms with E-state index in [4.69, 9.17) is 11.6 Å². The van der Waals surface area contributed by atoms with Crippen LogP contribution in [0.1, 0.15) is 23.1 Å². The van der Waals surface area contributed by atoms with E-state index < -0.39 is 0 Å². The fourth-order valence-electron chi connectivity index (χ4n) is 2.89. The highest BCUT2D eigenvalue weighted by Crippen LogP contribution is 2.25. The third kappa shape index (κ3) is 5.80. The maximum atomic E-state index is 13.2. The molecule has 0 saturated heterocycles. The first kappa shape index (κ1) is 22.7. The topological polar surface area (TPSA) is 67.2 Å². The van der Waals surface area contributed by atoms with Crippen LogP contribution < -0.4 is 5.32 Å². The zero-order valence-corrected chi connectivity index (χ0v) is 18.7. The van der Waals surface area contributed by atoms with Gasteiger partial charge in [-0.05, 0) is 55.6 Å². The van der Waals surface area contributed by atoms with Gasteiger partial charge in [-0.25, -0.2) is 9.07 Å². The Balaban J connectivity index is 1.66. The molecule has 31 heavy (non-hydrogen) atoms. The molecule has 0 saturated carbocycles. The van der Waals surface area contributed by atoms with Gasteiger partial charge in [0.25, 0.3) is 0 Å². The van der Waals surface area contributed by atoms with Gasteiger partial charge in [-0.2, -0.15) is 5.10 Å². The minimum Gasteiger partial charge on any atom is -0.350 e. The normalized spacial score (nSPS) is 11.1. The van der Waals surface area contributed by atoms with E-state index in [-0.39, 0.29) is 24.2 Å². The summed E-state index contributed by atoms with van der Waals surface area (Å²) in [6, 6.07) is 9.65. The van der Waals surface area contributed by atoms with Crippen LogP contribution in [0.4, 0.5) is 4.39 Å². The summed E-state index contributed by atoms with van der Waals surface area (Å²) < 4.78 is 14.7. The lowest BCUT2D eigenvalue weighted by Gasteiger charge is -2.18. The summed E-state index contributed by atoms with van der Waals surface area (Å²) in [7, 11) is 0. The molecule has 0 aliphatic rings. The van der Waals surface area contributed by atoms with E-state index in [2.05, 4.69) is 10.4 Å². The van der Waals surface area contributed by atoms with Crippen molar-refractivity contribution in [2.45, 2.75) is 20.4 Å². The monoisotopic (exact) mass is 460 g/mol. The number of aryl methyl sites for hydroxylation is 1. The number of hydrogen-bond donors (Lipinski definition) is 1. The summed E-state index contributed by atoms with van der Waals surface area (Å²) in [5.74, 6) is -0.886. The molecule has 0 atom stereocenters. The van der Waals surface area contributed by atoms with Crippen LogP contribution in [0.2, 0.25) is 5.15 Å². The molecule has 0 bridgehead atoms. The lowest BCUT2D eigenvalue weighted by atomic mass is 10.2. The van der Waals surface area contributed by atoms with Gasteiger partial charge in [0, 0.05) is 23.1 Å². The summed E-state index contributed by atoms with van der Waals surface area (Å²) >= 11 is 8.00. The molecule has 162 valence electrons. The second kappa shape index (κ2) is 10.4. The van der Waals surface area contributed by atoms with Crippen LogP contribution in [0.25, 0.3) is 11.8 Å². The number of amides is 2. The van der Waals surface area contributed by atoms with Crippen molar-refractivity contribution in [2.75, 3.05) is 13.1 Å². The number of aromatic nitrogens is 2. The number of carbonyl (C=O) groups excluding carboxylic acids is 2. The summed E-state index contributed by atoms with van der Waals surface area (Å²) in [5.41, 5.74) is 1.81. The zero-order chi connectivity index (χ0) is 22.4. The van der Waals surface area contributed by atoms with Crippen molar-refractivity contribution in [3.05, 3.63) is 75.0 Å². The minimum atomic E-state index is -0.353. The number of benzene rings is 1. The maximum Gasteiger partial charge on any atom is 0.247 e. The third-order valence-corrected chi connectivity index (χ3v) is 5.82. The quantitative estimate of drug-likeness (QED) is 0.512. The van der Waals surface area contributed by atoms with E-state index in [1.807, 2.05) is 24.4 Å². The molecule has 0 aliphatic carbocycles. The van der Waals surface area contributed by atoms with E-state index in [0.29, 0.717) is 35.2 Å². The Morgan fingerprint density at radius 3 is 2.68 bits per heavy atom. The fraction of sp³-hybridized carbons (Fsp3) is 0.227. The van der Waals surface area contributed by atoms with Crippen molar-refractivity contribution in [3.63, 3.8) is 0 Å². The van der Waals surface area contributed by atoms with Gasteiger partial charge < -0.3 is 10.2 Å². The van der Waals surface area contributed by atoms with Gasteiger partial charge in [-0.15, -0.1) is 11.3 Å². The molecule has 3 rings (SSSR count). The number of thiophene rings is 1. The number of rotatable bonds is 8. The highest BCUT2D eigenvalue weighted by atomic mass is 35.5. The molecule has 1 aromatic carbocycles. The van der Waals surface area contributed by atoms with Crippen LogP contribution in [0.3, 0.4) is 0 Å². The second-order valence-electron chi connectivity index (χ2n) is 6.72. The zero-order valence-electron chi connectivity index (χ0n) is 17.1. The Morgan fingerprint density at radius 1 is 1.29 bits per heavy atom. The molecule has 0 spiro atoms. The number of carbonyl (C=O) groups is 2. The molecule has 1 N–H and O–H groups in total. The molecule has 0 aliphatic heterocycles. The van der Waals surface area contributed by atoms with Gasteiger partial charge in [0.2, 0.25) is 11.8 Å². The molecule has 6 nitrogen and oxygen atoms in total. The molecule has 2 aromatic heterocycles. The summed E-state index contributed by atoms with van der Waals surface area (Å²) in [6.07, 6.45) is 2.96. The first-order chi connectivity index (χ1) is 14.9. The van der Waals surface area contributed by atoms with Crippen LogP contribution in [0.15, 0.2) is 47.9 Å². The van der Waals surface area contributed by atoms with Crippen LogP contribution in [-0.4, -0.2) is 39.6 Å². The number of halogens is 2. The van der Waals surface area contributed by atoms with Crippen LogP contribution >= 0.6 is 22.9 Å². The molecule has 3 aromatic rings. The summed E-state index contributed by atoms with van der Waals surface area (Å²) in [5, 5.41) is 9.44. The van der Waals surface area contributed by atoms with Crippen molar-refractivity contribution < 1.29 is 14.0 Å². The van der Waals surface area contributed by atoms with Gasteiger partial charge >= 0.3 is 0 Å². The molecule has 0 radical (unpaired) electrons. The van der Waals surface area contributed by atoms with Crippen molar-refractivity contribution in [3.8, 4) is 5.69 Å². The van der Waals surface area contributed by atoms with Gasteiger partial charge in [-0.3, -0.25) is 9.59 Å². The van der Waals surface area contributed by atoms with E-state index in [1.54, 1.807) is 36.5 Å². The Hall–Kier alpha value is -2.97. The Labute approximate surface area is 188 Å². The number of nitrogens with zero attached hydrogens (tertiary/aromatic N) is 3. The van der Waals surface area contributed by atoms with E-state index in [1.165, 1.54) is 27.8 Å². The lowest BCUT2D eigenvalue weighted by Crippen LogP contribution is -2.39. The van der Waals surface area contributed by atoms with Crippen molar-refractivity contribution in [2.24, 2.45) is 0 Å². The number of likely N-dealkylation sites (N-methyl/N-ethyl adjacent to an activating group) is 1. The predicted octanol–water partition coefficient (Wildman–Crippen LogP) is 4.21. The highest BCUT2D eigenvalue weighted by molar-refractivity contribution is 7.09. The van der Waals surface area contributed by atoms with Gasteiger partial charge in [0.1, 0.15) is 11.0 Å². The molecule has 9 heteroatoms. The lowest BCUT2D eigenvalue weighted by molar-refractivity contribution is -0.132. The van der Waals surface area contributed by atoms with E-state index in [9.17, 15) is 14.0 Å². The van der Waals surface area contributed by atoms with E-state index in [0.717, 1.165) is 4.88 Å². The fourth-order valence-corrected chi connectivity index (χ4v) is 3.87. The van der Waals surface area contributed by atoms with Crippen LogP contribution in [0.5, 0.6) is 0 Å². The van der Waals surface area contributed by atoms with Crippen molar-refractivity contribution in [1.82, 2.24) is 20.0 Å². The van der Waals surface area contributed by atoms with Crippen molar-refractivity contribution >= 4 is 40.8 Å². The average Bonchev–Trinajstić information content (AvgIpc) is 3.37. The molecule has 2 heterocycles. The summed E-state index contributed by atoms with van der Waals surface area (Å²) in [6.45, 7) is 4.37. The van der Waals surface area contributed by atoms with Gasteiger partial charge in [-0.1, -0.05) is 17.7 Å². The SMILES string of the molecule is CCN(CC(=O)NCc1cccs1)C(=O)/C=C/c1c(C)nn(-c2ccc(F)cc2)c1Cl. The standard InChI is InChI=1S/C22H22ClFN4O2S/c1-3-27(14-20(29)25-13-18-5-4-12-31-18)21(30)11-10-19-15(2)26-28(22(19)23)17-8-6-16(24)7-9-17/h4-12H,3,13-14H2,1-2H3,(H,25,29)/b11-10+. The van der Waals surface area contributed by atoms with E-state index >= 15 is 0 Å². The van der Waals surface area contributed by atoms with Crippen molar-refractivity contribution in [1.29, 1.82) is 0 Å². The second-order valence-corrected chi connectivity index (χ2v) is 8.11. The first-order valence-corrected chi connectivity index (χ1v) is 10.9. The van der Waals surface area contributed by atoms with Gasteiger partial charge in [0.05, 0.1) is 24.5 Å². The predicted molar refractivity (Wildman–Crippen MR) is 121 cm³/mol. The molecular formula is C22H22ClFN4O2S. The van der Waals surface area contributed by atoms with Crippen LogP contribution in [0, 0.1) is 12.7 Å². The van der Waals surface area contributed by atoms with Crippen LogP contribution in [-0.2, 0) is 16.1 Å². The Bertz CT molecular complexity index is 1080. The molecule has 2 amide bonds. The summed E-state index contributed by atoms with van der Waals surface area (Å²) in [4.78, 5) is 27.3. The molecular weight excluding hydrogens is 439 g/mol. The largest absolute Gasteiger partial charge is 0.350 e. The average molecular weight is 461 g/mol. The number of hydrogen-bond acceptors (Lipinski definition) is 4. The number of nitrogens with one attached hydrogen (secondary N) is 1. The Kier molecular flexibility index (Phi) is 7.59. The Morgan fingerprint density at radius 2 is 2.03 bits per heavy atom. The van der Waals surface area contributed by atoms with Gasteiger partial charge in [0.15, 0.2) is 0 Å². The molecule has 0 fully saturated rings. The smallest absolute Gasteiger partial charge is 0.247 e.